The molecule has 7 heteroatoms. The summed E-state index contributed by atoms with van der Waals surface area (Å²) in [4.78, 5) is 12.2. The monoisotopic (exact) mass is 357 g/mol. The van der Waals surface area contributed by atoms with Crippen LogP contribution in [0.25, 0.3) is 0 Å². The van der Waals surface area contributed by atoms with Crippen LogP contribution in [-0.2, 0) is 11.0 Å². The molecular formula is C17H15ClF3NO2. The van der Waals surface area contributed by atoms with Gasteiger partial charge in [0.1, 0.15) is 5.75 Å². The van der Waals surface area contributed by atoms with Crippen LogP contribution in [0.3, 0.4) is 0 Å². The third kappa shape index (κ3) is 4.64. The Balaban J connectivity index is 2.05. The second-order valence-electron chi connectivity index (χ2n) is 5.01. The van der Waals surface area contributed by atoms with E-state index in [-0.39, 0.29) is 5.69 Å². The average molecular weight is 358 g/mol. The molecule has 0 aromatic heterocycles. The fraction of sp³-hybridized carbons (Fsp3) is 0.235. The van der Waals surface area contributed by atoms with Crippen LogP contribution >= 0.6 is 11.6 Å². The van der Waals surface area contributed by atoms with E-state index >= 15 is 0 Å². The molecule has 24 heavy (non-hydrogen) atoms. The number of ether oxygens (including phenoxy) is 1. The van der Waals surface area contributed by atoms with Gasteiger partial charge >= 0.3 is 6.18 Å². The van der Waals surface area contributed by atoms with Crippen molar-refractivity contribution < 1.29 is 22.7 Å². The molecule has 0 aliphatic rings. The predicted molar refractivity (Wildman–Crippen MR) is 86.2 cm³/mol. The van der Waals surface area contributed by atoms with Crippen molar-refractivity contribution >= 4 is 23.2 Å². The number of para-hydroxylation sites is 1. The van der Waals surface area contributed by atoms with E-state index in [9.17, 15) is 18.0 Å². The quantitative estimate of drug-likeness (QED) is 0.803. The van der Waals surface area contributed by atoms with E-state index in [1.54, 1.807) is 31.2 Å². The number of carbonyl (C=O) groups excluding carboxylic acids is 1. The number of halogens is 4. The van der Waals surface area contributed by atoms with Crippen molar-refractivity contribution in [3.63, 3.8) is 0 Å². The second-order valence-corrected chi connectivity index (χ2v) is 5.42. The fourth-order valence-electron chi connectivity index (χ4n) is 1.98. The van der Waals surface area contributed by atoms with Crippen molar-refractivity contribution in [3.8, 4) is 5.75 Å². The van der Waals surface area contributed by atoms with Gasteiger partial charge in [-0.05, 0) is 42.8 Å². The van der Waals surface area contributed by atoms with Gasteiger partial charge in [0.25, 0.3) is 5.91 Å². The van der Waals surface area contributed by atoms with Crippen LogP contribution in [0.4, 0.5) is 18.9 Å². The molecule has 0 aliphatic heterocycles. The molecule has 1 amide bonds. The van der Waals surface area contributed by atoms with Gasteiger partial charge in [0, 0.05) is 5.69 Å². The molecule has 0 radical (unpaired) electrons. The highest BCUT2D eigenvalue weighted by molar-refractivity contribution is 6.32. The number of anilines is 1. The Labute approximate surface area is 142 Å². The number of alkyl halides is 3. The Morgan fingerprint density at radius 2 is 1.79 bits per heavy atom. The van der Waals surface area contributed by atoms with Crippen molar-refractivity contribution in [2.24, 2.45) is 0 Å². The predicted octanol–water partition coefficient (Wildman–Crippen LogP) is 5.15. The highest BCUT2D eigenvalue weighted by Crippen LogP contribution is 2.30. The summed E-state index contributed by atoms with van der Waals surface area (Å²) in [6, 6.07) is 10.9. The van der Waals surface area contributed by atoms with Crippen LogP contribution in [0.1, 0.15) is 18.9 Å². The summed E-state index contributed by atoms with van der Waals surface area (Å²) in [6.45, 7) is 1.76. The maximum absolute atomic E-state index is 12.5. The highest BCUT2D eigenvalue weighted by atomic mass is 35.5. The minimum Gasteiger partial charge on any atom is -0.479 e. The largest absolute Gasteiger partial charge is 0.479 e. The highest BCUT2D eigenvalue weighted by Gasteiger charge is 2.30. The normalized spacial score (nSPS) is 12.5. The topological polar surface area (TPSA) is 38.3 Å². The maximum atomic E-state index is 12.5. The zero-order valence-corrected chi connectivity index (χ0v) is 13.5. The summed E-state index contributed by atoms with van der Waals surface area (Å²) < 4.78 is 43.2. The Bertz CT molecular complexity index is 702. The van der Waals surface area contributed by atoms with Crippen LogP contribution in [0.15, 0.2) is 48.5 Å². The lowest BCUT2D eigenvalue weighted by molar-refractivity contribution is -0.137. The molecule has 0 bridgehead atoms. The van der Waals surface area contributed by atoms with Gasteiger partial charge in [-0.3, -0.25) is 4.79 Å². The van der Waals surface area contributed by atoms with Gasteiger partial charge in [0.05, 0.1) is 10.6 Å². The van der Waals surface area contributed by atoms with Crippen LogP contribution < -0.4 is 10.1 Å². The molecule has 0 saturated carbocycles. The summed E-state index contributed by atoms with van der Waals surface area (Å²) in [5, 5.41) is 2.91. The van der Waals surface area contributed by atoms with E-state index in [1.807, 2.05) is 0 Å². The van der Waals surface area contributed by atoms with Gasteiger partial charge in [-0.1, -0.05) is 30.7 Å². The van der Waals surface area contributed by atoms with E-state index < -0.39 is 23.8 Å². The third-order valence-electron chi connectivity index (χ3n) is 3.25. The van der Waals surface area contributed by atoms with Crippen molar-refractivity contribution in [1.29, 1.82) is 0 Å². The lowest BCUT2D eigenvalue weighted by Gasteiger charge is -2.18. The summed E-state index contributed by atoms with van der Waals surface area (Å²) in [6.07, 6.45) is -4.86. The molecular weight excluding hydrogens is 343 g/mol. The Hall–Kier alpha value is -2.21. The SMILES string of the molecule is CC[C@H](Oc1ccccc1Cl)C(=O)Nc1ccc(C(F)(F)F)cc1. The molecule has 0 spiro atoms. The van der Waals surface area contributed by atoms with Gasteiger partial charge in [0.15, 0.2) is 6.10 Å². The van der Waals surface area contributed by atoms with Gasteiger partial charge < -0.3 is 10.1 Å². The number of rotatable bonds is 5. The van der Waals surface area contributed by atoms with Gasteiger partial charge in [-0.15, -0.1) is 0 Å². The standard InChI is InChI=1S/C17H15ClF3NO2/c1-2-14(24-15-6-4-3-5-13(15)18)16(23)22-12-9-7-11(8-10-12)17(19,20)21/h3-10,14H,2H2,1H3,(H,22,23)/t14-/m0/s1. The van der Waals surface area contributed by atoms with E-state index in [2.05, 4.69) is 5.32 Å². The van der Waals surface area contributed by atoms with Crippen molar-refractivity contribution in [3.05, 3.63) is 59.1 Å². The summed E-state index contributed by atoms with van der Waals surface area (Å²) in [5.41, 5.74) is -0.519. The minimum atomic E-state index is -4.42. The summed E-state index contributed by atoms with van der Waals surface area (Å²) in [5.74, 6) is -0.0919. The Kier molecular flexibility index (Phi) is 5.72. The first kappa shape index (κ1) is 18.1. The van der Waals surface area contributed by atoms with E-state index in [1.165, 1.54) is 12.1 Å². The molecule has 0 saturated heterocycles. The lowest BCUT2D eigenvalue weighted by atomic mass is 10.2. The molecule has 2 aromatic rings. The van der Waals surface area contributed by atoms with E-state index in [0.717, 1.165) is 12.1 Å². The molecule has 2 rings (SSSR count). The van der Waals surface area contributed by atoms with Crippen LogP contribution in [-0.4, -0.2) is 12.0 Å². The van der Waals surface area contributed by atoms with Crippen LogP contribution in [0.5, 0.6) is 5.75 Å². The van der Waals surface area contributed by atoms with Gasteiger partial charge in [-0.2, -0.15) is 13.2 Å². The molecule has 1 N–H and O–H groups in total. The minimum absolute atomic E-state index is 0.259. The molecule has 3 nitrogen and oxygen atoms in total. The number of hydrogen-bond donors (Lipinski definition) is 1. The number of benzene rings is 2. The van der Waals surface area contributed by atoms with Crippen LogP contribution in [0.2, 0.25) is 5.02 Å². The molecule has 128 valence electrons. The second kappa shape index (κ2) is 7.57. The zero-order valence-electron chi connectivity index (χ0n) is 12.7. The Morgan fingerprint density at radius 1 is 1.17 bits per heavy atom. The smallest absolute Gasteiger partial charge is 0.416 e. The first-order valence-corrected chi connectivity index (χ1v) is 7.58. The van der Waals surface area contributed by atoms with Crippen molar-refractivity contribution in [2.75, 3.05) is 5.32 Å². The Morgan fingerprint density at radius 3 is 2.33 bits per heavy atom. The lowest BCUT2D eigenvalue weighted by Crippen LogP contribution is -2.32. The number of amides is 1. The maximum Gasteiger partial charge on any atom is 0.416 e. The summed E-state index contributed by atoms with van der Waals surface area (Å²) >= 11 is 5.99. The average Bonchev–Trinajstić information content (AvgIpc) is 2.53. The molecule has 0 heterocycles. The first-order chi connectivity index (χ1) is 11.3. The van der Waals surface area contributed by atoms with Crippen LogP contribution in [0, 0.1) is 0 Å². The molecule has 0 fully saturated rings. The molecule has 0 aliphatic carbocycles. The van der Waals surface area contributed by atoms with Gasteiger partial charge in [0.2, 0.25) is 0 Å². The van der Waals surface area contributed by atoms with Crippen molar-refractivity contribution in [1.82, 2.24) is 0 Å². The zero-order chi connectivity index (χ0) is 17.7. The number of nitrogens with one attached hydrogen (secondary N) is 1. The molecule has 1 atom stereocenters. The molecule has 0 unspecified atom stereocenters. The van der Waals surface area contributed by atoms with Gasteiger partial charge in [-0.25, -0.2) is 0 Å². The number of hydrogen-bond acceptors (Lipinski definition) is 2. The number of carbonyl (C=O) groups is 1. The summed E-state index contributed by atoms with van der Waals surface area (Å²) in [7, 11) is 0. The molecule has 2 aromatic carbocycles. The first-order valence-electron chi connectivity index (χ1n) is 7.20. The fourth-order valence-corrected chi connectivity index (χ4v) is 2.16. The van der Waals surface area contributed by atoms with E-state index in [0.29, 0.717) is 17.2 Å². The third-order valence-corrected chi connectivity index (χ3v) is 3.56. The van der Waals surface area contributed by atoms with E-state index in [4.69, 9.17) is 16.3 Å². The van der Waals surface area contributed by atoms with Crippen molar-refractivity contribution in [2.45, 2.75) is 25.6 Å².